The summed E-state index contributed by atoms with van der Waals surface area (Å²) in [5.74, 6) is 1.86. The second-order valence-corrected chi connectivity index (χ2v) is 13.8. The third-order valence-electron chi connectivity index (χ3n) is 8.76. The van der Waals surface area contributed by atoms with Crippen molar-refractivity contribution < 1.29 is 19.1 Å². The number of nitrogens with one attached hydrogen (secondary N) is 3. The van der Waals surface area contributed by atoms with Gasteiger partial charge in [-0.3, -0.25) is 14.3 Å². The molecule has 0 aliphatic rings. The predicted molar refractivity (Wildman–Crippen MR) is 200 cm³/mol. The Morgan fingerprint density at radius 3 is 2.44 bits per heavy atom. The smallest absolute Gasteiger partial charge is 0.298 e. The molecule has 12 heteroatoms. The number of amides is 1. The van der Waals surface area contributed by atoms with Gasteiger partial charge in [0.25, 0.3) is 12.4 Å². The first-order chi connectivity index (χ1) is 23.9. The first kappa shape index (κ1) is 36.7. The van der Waals surface area contributed by atoms with Crippen LogP contribution in [0.2, 0.25) is 10.0 Å². The minimum atomic E-state index is -0.305. The highest BCUT2D eigenvalue weighted by atomic mass is 35.5. The molecule has 5 rings (SSSR count). The molecule has 3 heterocycles. The number of pyridine rings is 1. The lowest BCUT2D eigenvalue weighted by molar-refractivity contribution is -0.120. The van der Waals surface area contributed by atoms with Gasteiger partial charge in [0.1, 0.15) is 23.0 Å². The number of ether oxygens (including phenoxy) is 2. The van der Waals surface area contributed by atoms with Crippen molar-refractivity contribution in [3.63, 3.8) is 0 Å². The molecular formula is C38H44Cl2N6O4. The maximum Gasteiger partial charge on any atom is 0.298 e. The molecule has 3 aromatic heterocycles. The van der Waals surface area contributed by atoms with Gasteiger partial charge in [-0.2, -0.15) is 5.10 Å². The number of benzene rings is 2. The molecule has 0 unspecified atom stereocenters. The normalized spacial score (nSPS) is 11.3. The highest BCUT2D eigenvalue weighted by Gasteiger charge is 2.24. The van der Waals surface area contributed by atoms with E-state index in [-0.39, 0.29) is 12.5 Å². The molecular weight excluding hydrogens is 675 g/mol. The van der Waals surface area contributed by atoms with Gasteiger partial charge in [-0.15, -0.1) is 0 Å². The summed E-state index contributed by atoms with van der Waals surface area (Å²) in [7, 11) is 1.90. The Morgan fingerprint density at radius 1 is 1.04 bits per heavy atom. The number of aromatic amines is 1. The number of rotatable bonds is 15. The van der Waals surface area contributed by atoms with E-state index >= 15 is 0 Å². The van der Waals surface area contributed by atoms with Crippen LogP contribution < -0.4 is 20.1 Å². The number of halogens is 2. The molecule has 10 nitrogen and oxygen atoms in total. The van der Waals surface area contributed by atoms with Crippen LogP contribution in [0.15, 0.2) is 36.4 Å². The molecule has 0 bridgehead atoms. The summed E-state index contributed by atoms with van der Waals surface area (Å²) in [4.78, 5) is 33.2. The summed E-state index contributed by atoms with van der Waals surface area (Å²) in [5, 5.41) is 13.1. The summed E-state index contributed by atoms with van der Waals surface area (Å²) >= 11 is 13.2. The van der Waals surface area contributed by atoms with Crippen LogP contribution in [0, 0.1) is 33.6 Å². The Kier molecular flexibility index (Phi) is 11.8. The summed E-state index contributed by atoms with van der Waals surface area (Å²) in [6.07, 6.45) is 2.16. The molecule has 5 aromatic rings. The Bertz CT molecular complexity index is 2010. The van der Waals surface area contributed by atoms with Gasteiger partial charge in [0, 0.05) is 53.0 Å². The molecule has 0 saturated carbocycles. The van der Waals surface area contributed by atoms with E-state index in [1.165, 1.54) is 0 Å². The van der Waals surface area contributed by atoms with E-state index in [9.17, 15) is 9.59 Å². The fourth-order valence-corrected chi connectivity index (χ4v) is 6.53. The highest BCUT2D eigenvalue weighted by Crippen LogP contribution is 2.40. The minimum absolute atomic E-state index is 0.107. The monoisotopic (exact) mass is 718 g/mol. The third-order valence-corrected chi connectivity index (χ3v) is 9.67. The van der Waals surface area contributed by atoms with Crippen LogP contribution in [0.3, 0.4) is 0 Å². The quantitative estimate of drug-likeness (QED) is 0.0733. The van der Waals surface area contributed by atoms with Gasteiger partial charge < -0.3 is 25.1 Å². The van der Waals surface area contributed by atoms with Crippen LogP contribution in [0.4, 0.5) is 5.82 Å². The van der Waals surface area contributed by atoms with Crippen LogP contribution in [0.1, 0.15) is 70.9 Å². The van der Waals surface area contributed by atoms with Crippen molar-refractivity contribution in [1.82, 2.24) is 25.1 Å². The fraction of sp³-hybridized carbons (Fsp3) is 0.368. The molecule has 0 fully saturated rings. The van der Waals surface area contributed by atoms with Gasteiger partial charge >= 0.3 is 0 Å². The lowest BCUT2D eigenvalue weighted by atomic mass is 9.98. The first-order valence-corrected chi connectivity index (χ1v) is 17.5. The molecule has 264 valence electrons. The molecule has 0 aliphatic carbocycles. The van der Waals surface area contributed by atoms with Gasteiger partial charge in [0.15, 0.2) is 0 Å². The van der Waals surface area contributed by atoms with E-state index in [0.717, 1.165) is 67.3 Å². The number of carbonyl (C=O) groups is 2. The molecule has 0 atom stereocenters. The Hall–Kier alpha value is -4.54. The van der Waals surface area contributed by atoms with Crippen molar-refractivity contribution in [2.24, 2.45) is 13.0 Å². The van der Waals surface area contributed by atoms with E-state index < -0.39 is 0 Å². The van der Waals surface area contributed by atoms with Crippen molar-refractivity contribution in [1.29, 1.82) is 0 Å². The average Bonchev–Trinajstić information content (AvgIpc) is 3.55. The van der Waals surface area contributed by atoms with Crippen molar-refractivity contribution in [2.75, 3.05) is 18.5 Å². The summed E-state index contributed by atoms with van der Waals surface area (Å²) in [6, 6.07) is 11.0. The van der Waals surface area contributed by atoms with Gasteiger partial charge in [0.2, 0.25) is 0 Å². The van der Waals surface area contributed by atoms with Crippen molar-refractivity contribution in [3.05, 3.63) is 85.9 Å². The Labute approximate surface area is 302 Å². The summed E-state index contributed by atoms with van der Waals surface area (Å²) in [6.45, 7) is 13.8. The van der Waals surface area contributed by atoms with Crippen molar-refractivity contribution in [2.45, 2.75) is 67.3 Å². The fourth-order valence-electron chi connectivity index (χ4n) is 6.17. The lowest BCUT2D eigenvalue weighted by Gasteiger charge is -2.12. The maximum absolute atomic E-state index is 14.0. The maximum atomic E-state index is 14.0. The number of nitrogens with zero attached hydrogens (tertiary/aromatic N) is 3. The SMILES string of the molecule is Cc1cc(OCCCc2c(C(=O)NCc3cc(OC=O)cc(NCCC(C)C)n3)[nH]c3c(-c4c(C)nn(C)c4C)c(Cl)ccc23)cc(C)c1Cl. The number of anilines is 1. The number of carbonyl (C=O) groups excluding carboxylic acids is 2. The molecule has 2 aromatic carbocycles. The molecule has 0 spiro atoms. The standard InChI is InChI=1S/C38H44Cl2N6O4/c1-21(2)12-13-41-32-18-28(50-20-47)17-26(43-32)19-42-38(48)37-29(9-8-14-49-27-15-22(3)35(40)23(4)16-27)30-10-11-31(39)34(36(30)44-37)33-24(5)45-46(7)25(33)6/h10-11,15-18,20-21,44H,8-9,12-14,19H2,1-7H3,(H,41,43)(H,42,48). The number of aromatic nitrogens is 4. The highest BCUT2D eigenvalue weighted by molar-refractivity contribution is 6.35. The second-order valence-electron chi connectivity index (χ2n) is 13.0. The molecule has 0 saturated heterocycles. The third kappa shape index (κ3) is 8.25. The van der Waals surface area contributed by atoms with E-state index in [2.05, 4.69) is 39.5 Å². The Balaban J connectivity index is 1.46. The zero-order chi connectivity index (χ0) is 36.1. The topological polar surface area (TPSA) is 123 Å². The van der Waals surface area contributed by atoms with E-state index in [1.54, 1.807) is 12.1 Å². The van der Waals surface area contributed by atoms with Crippen LogP contribution in [0.5, 0.6) is 11.5 Å². The van der Waals surface area contributed by atoms with Gasteiger partial charge in [-0.05, 0) is 87.8 Å². The van der Waals surface area contributed by atoms with Gasteiger partial charge in [0.05, 0.1) is 35.1 Å². The van der Waals surface area contributed by atoms with Crippen LogP contribution >= 0.6 is 23.2 Å². The first-order valence-electron chi connectivity index (χ1n) is 16.7. The molecule has 50 heavy (non-hydrogen) atoms. The second kappa shape index (κ2) is 16.0. The average molecular weight is 720 g/mol. The molecule has 0 radical (unpaired) electrons. The van der Waals surface area contributed by atoms with E-state index in [1.807, 2.05) is 63.7 Å². The van der Waals surface area contributed by atoms with Gasteiger partial charge in [-0.25, -0.2) is 4.98 Å². The van der Waals surface area contributed by atoms with E-state index in [4.69, 9.17) is 32.7 Å². The predicted octanol–water partition coefficient (Wildman–Crippen LogP) is 8.44. The van der Waals surface area contributed by atoms with Crippen molar-refractivity contribution >= 4 is 52.3 Å². The van der Waals surface area contributed by atoms with Crippen LogP contribution in [-0.2, 0) is 24.8 Å². The molecule has 1 amide bonds. The minimum Gasteiger partial charge on any atom is -0.494 e. The Morgan fingerprint density at radius 2 is 1.78 bits per heavy atom. The number of fused-ring (bicyclic) bond motifs is 1. The molecule has 0 aliphatic heterocycles. The largest absolute Gasteiger partial charge is 0.494 e. The zero-order valence-electron chi connectivity index (χ0n) is 29.6. The van der Waals surface area contributed by atoms with Crippen LogP contribution in [0.25, 0.3) is 22.0 Å². The number of hydrogen-bond donors (Lipinski definition) is 3. The molecule has 3 N–H and O–H groups in total. The van der Waals surface area contributed by atoms with Gasteiger partial charge in [-0.1, -0.05) is 43.1 Å². The van der Waals surface area contributed by atoms with Crippen LogP contribution in [-0.4, -0.2) is 45.3 Å². The summed E-state index contributed by atoms with van der Waals surface area (Å²) in [5.41, 5.74) is 8.01. The lowest BCUT2D eigenvalue weighted by Crippen LogP contribution is -2.25. The number of hydrogen-bond acceptors (Lipinski definition) is 7. The number of aryl methyl sites for hydroxylation is 5. The summed E-state index contributed by atoms with van der Waals surface area (Å²) < 4.78 is 13.1. The van der Waals surface area contributed by atoms with Crippen molar-refractivity contribution in [3.8, 4) is 22.6 Å². The van der Waals surface area contributed by atoms with E-state index in [0.29, 0.717) is 66.4 Å². The zero-order valence-corrected chi connectivity index (χ0v) is 31.1. The number of H-pyrrole nitrogens is 1.